The molecule has 34 heavy (non-hydrogen) atoms. The molecule has 0 aliphatic carbocycles. The molecule has 0 amide bonds. The zero-order chi connectivity index (χ0) is 22.2. The molecule has 7 heteroatoms. The van der Waals surface area contributed by atoms with Gasteiger partial charge in [0.1, 0.15) is 23.1 Å². The van der Waals surface area contributed by atoms with Gasteiger partial charge in [0.05, 0.1) is 5.71 Å². The van der Waals surface area contributed by atoms with Crippen molar-refractivity contribution in [3.63, 3.8) is 0 Å². The van der Waals surface area contributed by atoms with Crippen molar-refractivity contribution in [3.8, 4) is 17.2 Å². The molecule has 5 aromatic rings. The molecule has 1 N–H and O–H groups in total. The van der Waals surface area contributed by atoms with E-state index in [4.69, 9.17) is 14.3 Å². The summed E-state index contributed by atoms with van der Waals surface area (Å²) in [6, 6.07) is 26.5. The standard InChI is InChI=1S/C27H21N3O2S.BrH/c1-17-11-12-24-20(13-17)21(15-25(32-24)18-7-3-2-4-8-18)29-30-27-28-22(16-33-27)26-14-19-9-5-6-10-23(19)31-26;/h2-14,16,25H,15H2,1H3,(H,28,30);1H/b29-21+;. The number of furan rings is 1. The van der Waals surface area contributed by atoms with Crippen LogP contribution in [0, 0.1) is 6.92 Å². The SMILES string of the molecule is Br.Cc1ccc2c(c1)/C(=N/Nc1nc(-c3cc4ccccc4o3)cs1)CC(c1ccccc1)O2. The predicted molar refractivity (Wildman–Crippen MR) is 143 cm³/mol. The van der Waals surface area contributed by atoms with Crippen LogP contribution in [0.5, 0.6) is 5.75 Å². The maximum atomic E-state index is 6.31. The van der Waals surface area contributed by atoms with E-state index in [1.165, 1.54) is 16.9 Å². The Balaban J connectivity index is 0.00000241. The minimum absolute atomic E-state index is 0. The Morgan fingerprint density at radius 2 is 1.82 bits per heavy atom. The molecule has 1 atom stereocenters. The number of nitrogens with one attached hydrogen (secondary N) is 1. The van der Waals surface area contributed by atoms with Crippen LogP contribution >= 0.6 is 28.3 Å². The van der Waals surface area contributed by atoms with Crippen LogP contribution < -0.4 is 10.2 Å². The molecule has 5 nitrogen and oxygen atoms in total. The number of para-hydroxylation sites is 1. The molecular formula is C27H22BrN3O2S. The van der Waals surface area contributed by atoms with Gasteiger partial charge in [0.2, 0.25) is 5.13 Å². The molecule has 1 unspecified atom stereocenters. The number of thiazole rings is 1. The van der Waals surface area contributed by atoms with E-state index in [1.54, 1.807) is 0 Å². The van der Waals surface area contributed by atoms with E-state index in [9.17, 15) is 0 Å². The number of halogens is 1. The highest BCUT2D eigenvalue weighted by atomic mass is 79.9. The summed E-state index contributed by atoms with van der Waals surface area (Å²) >= 11 is 1.50. The topological polar surface area (TPSA) is 59.7 Å². The minimum Gasteiger partial charge on any atom is -0.485 e. The molecule has 3 aromatic carbocycles. The Hall–Kier alpha value is -3.42. The van der Waals surface area contributed by atoms with Crippen LogP contribution in [-0.4, -0.2) is 10.7 Å². The van der Waals surface area contributed by atoms with E-state index >= 15 is 0 Å². The molecule has 1 aliphatic heterocycles. The minimum atomic E-state index is -0.0793. The van der Waals surface area contributed by atoms with E-state index in [0.29, 0.717) is 6.42 Å². The van der Waals surface area contributed by atoms with Crippen LogP contribution in [0.3, 0.4) is 0 Å². The van der Waals surface area contributed by atoms with Crippen LogP contribution in [-0.2, 0) is 0 Å². The van der Waals surface area contributed by atoms with Crippen LogP contribution in [0.15, 0.2) is 93.8 Å². The van der Waals surface area contributed by atoms with Crippen LogP contribution in [0.2, 0.25) is 0 Å². The number of hydrogen-bond acceptors (Lipinski definition) is 6. The number of fused-ring (bicyclic) bond motifs is 2. The van der Waals surface area contributed by atoms with Crippen molar-refractivity contribution >= 4 is 50.1 Å². The lowest BCUT2D eigenvalue weighted by Crippen LogP contribution is -2.22. The van der Waals surface area contributed by atoms with Crippen molar-refractivity contribution in [2.45, 2.75) is 19.4 Å². The highest BCUT2D eigenvalue weighted by Gasteiger charge is 2.26. The second-order valence-corrected chi connectivity index (χ2v) is 8.94. The Labute approximate surface area is 211 Å². The fraction of sp³-hybridized carbons (Fsp3) is 0.111. The van der Waals surface area contributed by atoms with Gasteiger partial charge in [-0.2, -0.15) is 5.10 Å². The summed E-state index contributed by atoms with van der Waals surface area (Å²) in [6.45, 7) is 2.08. The van der Waals surface area contributed by atoms with E-state index in [0.717, 1.165) is 50.1 Å². The molecule has 3 heterocycles. The Bertz CT molecular complexity index is 1440. The van der Waals surface area contributed by atoms with Gasteiger partial charge in [0.25, 0.3) is 0 Å². The van der Waals surface area contributed by atoms with Gasteiger partial charge < -0.3 is 9.15 Å². The van der Waals surface area contributed by atoms with Crippen molar-refractivity contribution in [1.82, 2.24) is 4.98 Å². The van der Waals surface area contributed by atoms with Crippen molar-refractivity contribution in [2.24, 2.45) is 5.10 Å². The number of nitrogens with zero attached hydrogens (tertiary/aromatic N) is 2. The molecule has 0 bridgehead atoms. The second-order valence-electron chi connectivity index (χ2n) is 8.08. The fourth-order valence-corrected chi connectivity index (χ4v) is 4.72. The van der Waals surface area contributed by atoms with Crippen LogP contribution in [0.1, 0.15) is 29.2 Å². The zero-order valence-corrected chi connectivity index (χ0v) is 20.9. The summed E-state index contributed by atoms with van der Waals surface area (Å²) < 4.78 is 12.3. The third kappa shape index (κ3) is 4.36. The predicted octanol–water partition coefficient (Wildman–Crippen LogP) is 7.78. The van der Waals surface area contributed by atoms with Gasteiger partial charge in [-0.15, -0.1) is 28.3 Å². The second kappa shape index (κ2) is 9.44. The number of ether oxygens (including phenoxy) is 1. The lowest BCUT2D eigenvalue weighted by molar-refractivity contribution is 0.206. The van der Waals surface area contributed by atoms with Gasteiger partial charge in [-0.25, -0.2) is 4.98 Å². The number of rotatable bonds is 4. The van der Waals surface area contributed by atoms with E-state index in [2.05, 4.69) is 41.6 Å². The van der Waals surface area contributed by atoms with Gasteiger partial charge in [0.15, 0.2) is 5.76 Å². The van der Waals surface area contributed by atoms with E-state index in [1.807, 2.05) is 60.0 Å². The monoisotopic (exact) mass is 531 g/mol. The largest absolute Gasteiger partial charge is 0.485 e. The molecule has 170 valence electrons. The molecule has 0 radical (unpaired) electrons. The molecule has 1 aliphatic rings. The highest BCUT2D eigenvalue weighted by molar-refractivity contribution is 8.93. The van der Waals surface area contributed by atoms with Crippen molar-refractivity contribution in [1.29, 1.82) is 0 Å². The van der Waals surface area contributed by atoms with Gasteiger partial charge in [0, 0.05) is 22.8 Å². The summed E-state index contributed by atoms with van der Waals surface area (Å²) in [5, 5.41) is 8.53. The first-order valence-electron chi connectivity index (χ1n) is 10.8. The summed E-state index contributed by atoms with van der Waals surface area (Å²) in [5.74, 6) is 1.60. The third-order valence-electron chi connectivity index (χ3n) is 5.73. The van der Waals surface area contributed by atoms with Crippen LogP contribution in [0.25, 0.3) is 22.4 Å². The van der Waals surface area contributed by atoms with Crippen molar-refractivity contribution < 1.29 is 9.15 Å². The number of hydrogen-bond donors (Lipinski definition) is 1. The number of anilines is 1. The first kappa shape index (κ1) is 22.4. The van der Waals surface area contributed by atoms with E-state index < -0.39 is 0 Å². The molecular weight excluding hydrogens is 510 g/mol. The fourth-order valence-electron chi connectivity index (χ4n) is 4.07. The average molecular weight is 532 g/mol. The third-order valence-corrected chi connectivity index (χ3v) is 6.48. The first-order chi connectivity index (χ1) is 16.2. The average Bonchev–Trinajstić information content (AvgIpc) is 3.50. The molecule has 2 aromatic heterocycles. The quantitative estimate of drug-likeness (QED) is 0.240. The lowest BCUT2D eigenvalue weighted by Gasteiger charge is -2.27. The summed E-state index contributed by atoms with van der Waals surface area (Å²) in [6.07, 6.45) is 0.597. The number of aryl methyl sites for hydroxylation is 1. The molecule has 0 spiro atoms. The number of benzene rings is 3. The smallest absolute Gasteiger partial charge is 0.204 e. The Morgan fingerprint density at radius 3 is 2.68 bits per heavy atom. The Kier molecular flexibility index (Phi) is 6.22. The van der Waals surface area contributed by atoms with Gasteiger partial charge in [-0.3, -0.25) is 5.43 Å². The molecule has 0 saturated carbocycles. The number of hydrazone groups is 1. The summed E-state index contributed by atoms with van der Waals surface area (Å²) in [4.78, 5) is 4.69. The van der Waals surface area contributed by atoms with Crippen LogP contribution in [0.4, 0.5) is 5.13 Å². The molecule has 0 fully saturated rings. The number of aromatic nitrogens is 1. The molecule has 0 saturated heterocycles. The molecule has 6 rings (SSSR count). The normalized spacial score (nSPS) is 16.0. The summed E-state index contributed by atoms with van der Waals surface area (Å²) in [5.41, 5.74) is 9.10. The lowest BCUT2D eigenvalue weighted by atomic mass is 9.94. The van der Waals surface area contributed by atoms with E-state index in [-0.39, 0.29) is 23.1 Å². The first-order valence-corrected chi connectivity index (χ1v) is 11.7. The van der Waals surface area contributed by atoms with Gasteiger partial charge >= 0.3 is 0 Å². The zero-order valence-electron chi connectivity index (χ0n) is 18.4. The summed E-state index contributed by atoms with van der Waals surface area (Å²) in [7, 11) is 0. The maximum Gasteiger partial charge on any atom is 0.204 e. The van der Waals surface area contributed by atoms with Crippen molar-refractivity contribution in [3.05, 3.63) is 101 Å². The van der Waals surface area contributed by atoms with Gasteiger partial charge in [-0.05, 0) is 36.8 Å². The van der Waals surface area contributed by atoms with Crippen molar-refractivity contribution in [2.75, 3.05) is 5.43 Å². The Morgan fingerprint density at radius 1 is 1.00 bits per heavy atom. The highest BCUT2D eigenvalue weighted by Crippen LogP contribution is 2.36. The maximum absolute atomic E-state index is 6.31. The van der Waals surface area contributed by atoms with Gasteiger partial charge in [-0.1, -0.05) is 60.2 Å².